The molecule has 1 aromatic carbocycles. The quantitative estimate of drug-likeness (QED) is 0.390. The van der Waals surface area contributed by atoms with Crippen LogP contribution in [0.5, 0.6) is 0 Å². The van der Waals surface area contributed by atoms with Crippen LogP contribution in [0.1, 0.15) is 29.1 Å². The first kappa shape index (κ1) is 24.4. The Morgan fingerprint density at radius 3 is 2.51 bits per heavy atom. The number of hydrogen-bond donors (Lipinski definition) is 2. The van der Waals surface area contributed by atoms with Crippen LogP contribution in [-0.2, 0) is 33.3 Å². The number of H-pyrrole nitrogens is 1. The van der Waals surface area contributed by atoms with Gasteiger partial charge in [0.1, 0.15) is 12.7 Å². The number of aryl methyl sites for hydroxylation is 1. The van der Waals surface area contributed by atoms with Gasteiger partial charge in [-0.3, -0.25) is 19.1 Å². The topological polar surface area (TPSA) is 186 Å². The number of rotatable bonds is 5. The second-order valence-corrected chi connectivity index (χ2v) is 9.32. The van der Waals surface area contributed by atoms with Gasteiger partial charge in [-0.15, -0.1) is 0 Å². The van der Waals surface area contributed by atoms with E-state index in [1.807, 2.05) is 0 Å². The zero-order chi connectivity index (χ0) is 25.5. The fourth-order valence-electron chi connectivity index (χ4n) is 3.98. The Labute approximate surface area is 198 Å². The van der Waals surface area contributed by atoms with Crippen LogP contribution in [0.4, 0.5) is 0 Å². The molecule has 0 radical (unpaired) electrons. The number of carbonyl (C=O) groups excluding carboxylic acids is 2. The summed E-state index contributed by atoms with van der Waals surface area (Å²) in [5.74, 6) is -1.61. The summed E-state index contributed by atoms with van der Waals surface area (Å²) in [5.41, 5.74) is 2.26. The molecular formula is C21H21N3O10S. The molecule has 0 aliphatic carbocycles. The van der Waals surface area contributed by atoms with Crippen molar-refractivity contribution >= 4 is 22.1 Å². The Morgan fingerprint density at radius 1 is 1.23 bits per heavy atom. The second kappa shape index (κ2) is 8.79. The van der Waals surface area contributed by atoms with Crippen LogP contribution in [0.25, 0.3) is 0 Å². The van der Waals surface area contributed by atoms with Crippen molar-refractivity contribution in [3.8, 4) is 0 Å². The van der Waals surface area contributed by atoms with Gasteiger partial charge in [0.15, 0.2) is 17.9 Å². The summed E-state index contributed by atoms with van der Waals surface area (Å²) in [6.07, 6.45) is -3.39. The van der Waals surface area contributed by atoms with Gasteiger partial charge in [0.25, 0.3) is 15.7 Å². The summed E-state index contributed by atoms with van der Waals surface area (Å²) < 4.78 is 47.5. The standard InChI is InChI=1S/C21H21N3O10S/c1-11-8-24(20(28)23-17(11)26)18-16(32-12(2)25)21(14(22)10-35(29,30)34-21)15(33-18)9-31-19(27)13-6-4-3-5-7-13/h3-8,10,15-16,18H,9,22H2,1-2H3,(H,23,26,28)/t15-,16+,18+,21?/m0/s1. The van der Waals surface area contributed by atoms with Gasteiger partial charge < -0.3 is 19.9 Å². The van der Waals surface area contributed by atoms with Gasteiger partial charge >= 0.3 is 17.6 Å². The third-order valence-electron chi connectivity index (χ3n) is 5.53. The van der Waals surface area contributed by atoms with Crippen molar-refractivity contribution in [1.82, 2.24) is 9.55 Å². The number of benzene rings is 1. The maximum Gasteiger partial charge on any atom is 0.338 e. The lowest BCUT2D eigenvalue weighted by molar-refractivity contribution is -0.158. The van der Waals surface area contributed by atoms with E-state index >= 15 is 0 Å². The van der Waals surface area contributed by atoms with Crippen molar-refractivity contribution in [2.75, 3.05) is 6.61 Å². The van der Waals surface area contributed by atoms with Gasteiger partial charge in [-0.05, 0) is 19.1 Å². The van der Waals surface area contributed by atoms with Crippen LogP contribution in [0.3, 0.4) is 0 Å². The van der Waals surface area contributed by atoms with Crippen LogP contribution in [-0.4, -0.2) is 54.3 Å². The molecule has 2 aliphatic rings. The lowest BCUT2D eigenvalue weighted by Gasteiger charge is -2.33. The van der Waals surface area contributed by atoms with E-state index in [1.165, 1.54) is 19.1 Å². The first-order valence-corrected chi connectivity index (χ1v) is 11.7. The van der Waals surface area contributed by atoms with Crippen molar-refractivity contribution in [3.63, 3.8) is 0 Å². The third-order valence-corrected chi connectivity index (χ3v) is 6.58. The van der Waals surface area contributed by atoms with Gasteiger partial charge in [0.05, 0.1) is 16.7 Å². The van der Waals surface area contributed by atoms with E-state index in [4.69, 9.17) is 24.1 Å². The molecule has 0 saturated carbocycles. The summed E-state index contributed by atoms with van der Waals surface area (Å²) in [4.78, 5) is 51.0. The number of nitrogens with one attached hydrogen (secondary N) is 1. The number of aromatic amines is 1. The normalized spacial score (nSPS) is 26.9. The molecule has 2 aliphatic heterocycles. The molecule has 4 rings (SSSR count). The van der Waals surface area contributed by atoms with Crippen molar-refractivity contribution < 1.29 is 36.4 Å². The Bertz CT molecular complexity index is 1430. The van der Waals surface area contributed by atoms with Crippen molar-refractivity contribution in [2.24, 2.45) is 5.73 Å². The molecule has 1 fully saturated rings. The highest BCUT2D eigenvalue weighted by molar-refractivity contribution is 7.90. The van der Waals surface area contributed by atoms with Crippen LogP contribution in [0, 0.1) is 6.92 Å². The minimum Gasteiger partial charge on any atom is -0.459 e. The predicted octanol–water partition coefficient (Wildman–Crippen LogP) is -0.570. The fourth-order valence-corrected chi connectivity index (χ4v) is 5.21. The summed E-state index contributed by atoms with van der Waals surface area (Å²) in [6, 6.07) is 7.95. The number of hydrogen-bond acceptors (Lipinski definition) is 11. The van der Waals surface area contributed by atoms with Gasteiger partial charge in [-0.25, -0.2) is 13.8 Å². The average molecular weight is 507 g/mol. The lowest BCUT2D eigenvalue weighted by Crippen LogP contribution is -2.55. The van der Waals surface area contributed by atoms with E-state index in [2.05, 4.69) is 4.98 Å². The maximum absolute atomic E-state index is 12.6. The van der Waals surface area contributed by atoms with E-state index in [1.54, 1.807) is 18.2 Å². The second-order valence-electron chi connectivity index (χ2n) is 7.93. The molecule has 3 N–H and O–H groups in total. The highest BCUT2D eigenvalue weighted by atomic mass is 32.2. The largest absolute Gasteiger partial charge is 0.459 e. The van der Waals surface area contributed by atoms with Gasteiger partial charge in [-0.1, -0.05) is 18.2 Å². The smallest absolute Gasteiger partial charge is 0.338 e. The Kier molecular flexibility index (Phi) is 6.12. The van der Waals surface area contributed by atoms with E-state index in [9.17, 15) is 27.6 Å². The average Bonchev–Trinajstić information content (AvgIpc) is 3.21. The first-order valence-electron chi connectivity index (χ1n) is 10.2. The monoisotopic (exact) mass is 507 g/mol. The van der Waals surface area contributed by atoms with E-state index in [0.717, 1.165) is 17.7 Å². The third kappa shape index (κ3) is 4.38. The number of esters is 2. The summed E-state index contributed by atoms with van der Waals surface area (Å²) in [6.45, 7) is 1.89. The van der Waals surface area contributed by atoms with E-state index in [-0.39, 0.29) is 16.8 Å². The zero-order valence-electron chi connectivity index (χ0n) is 18.5. The Hall–Kier alpha value is -3.75. The highest BCUT2D eigenvalue weighted by Crippen LogP contribution is 2.48. The molecule has 4 atom stereocenters. The number of aromatic nitrogens is 2. The number of nitrogens with two attached hydrogens (primary N) is 1. The van der Waals surface area contributed by atoms with E-state index in [0.29, 0.717) is 5.41 Å². The summed E-state index contributed by atoms with van der Waals surface area (Å²) >= 11 is 0. The van der Waals surface area contributed by atoms with Crippen molar-refractivity contribution in [1.29, 1.82) is 0 Å². The molecule has 0 bridgehead atoms. The van der Waals surface area contributed by atoms with Gasteiger partial charge in [0, 0.05) is 18.7 Å². The molecule has 1 saturated heterocycles. The molecule has 2 aromatic rings. The molecule has 35 heavy (non-hydrogen) atoms. The zero-order valence-corrected chi connectivity index (χ0v) is 19.3. The number of ether oxygens (including phenoxy) is 3. The van der Waals surface area contributed by atoms with Gasteiger partial charge in [-0.2, -0.15) is 8.42 Å². The lowest BCUT2D eigenvalue weighted by atomic mass is 9.89. The first-order chi connectivity index (χ1) is 16.4. The van der Waals surface area contributed by atoms with E-state index < -0.39 is 63.9 Å². The Morgan fingerprint density at radius 2 is 1.91 bits per heavy atom. The molecule has 0 amide bonds. The van der Waals surface area contributed by atoms with Crippen LogP contribution in [0.15, 0.2) is 57.2 Å². The Balaban J connectivity index is 1.79. The SMILES string of the molecule is CC(=O)O[C@@H]1[C@H](n2cc(C)c(=O)[nH]c2=O)O[C@@H](COC(=O)c2ccccc2)C12OS(=O)(=O)C=C2N. The highest BCUT2D eigenvalue weighted by Gasteiger charge is 2.67. The van der Waals surface area contributed by atoms with Crippen molar-refractivity contribution in [3.05, 3.63) is 79.6 Å². The molecule has 1 unspecified atom stereocenters. The number of nitrogens with zero attached hydrogens (tertiary/aromatic N) is 1. The molecular weight excluding hydrogens is 486 g/mol. The fraction of sp³-hybridized carbons (Fsp3) is 0.333. The van der Waals surface area contributed by atoms with Crippen LogP contribution >= 0.6 is 0 Å². The molecule has 13 nitrogen and oxygen atoms in total. The minimum atomic E-state index is -4.35. The summed E-state index contributed by atoms with van der Waals surface area (Å²) in [5, 5.41) is 0.627. The van der Waals surface area contributed by atoms with Crippen LogP contribution < -0.4 is 17.0 Å². The van der Waals surface area contributed by atoms with Crippen molar-refractivity contribution in [2.45, 2.75) is 37.9 Å². The molecule has 14 heteroatoms. The summed E-state index contributed by atoms with van der Waals surface area (Å²) in [7, 11) is -4.35. The predicted molar refractivity (Wildman–Crippen MR) is 117 cm³/mol. The minimum absolute atomic E-state index is 0.117. The van der Waals surface area contributed by atoms with Gasteiger partial charge in [0.2, 0.25) is 0 Å². The maximum atomic E-state index is 12.6. The molecule has 1 aromatic heterocycles. The molecule has 3 heterocycles. The molecule has 186 valence electrons. The molecule has 1 spiro atoms. The number of carbonyl (C=O) groups is 2. The van der Waals surface area contributed by atoms with Crippen LogP contribution in [0.2, 0.25) is 0 Å².